The van der Waals surface area contributed by atoms with Gasteiger partial charge in [-0.1, -0.05) is 55.4 Å². The first-order chi connectivity index (χ1) is 12.5. The van der Waals surface area contributed by atoms with Gasteiger partial charge in [0.1, 0.15) is 0 Å². The van der Waals surface area contributed by atoms with E-state index in [1.165, 1.54) is 77.0 Å². The highest BCUT2D eigenvalue weighted by Crippen LogP contribution is 2.74. The van der Waals surface area contributed by atoms with Gasteiger partial charge in [0.15, 0.2) is 0 Å². The molecule has 0 aromatic carbocycles. The first kappa shape index (κ1) is 19.9. The van der Waals surface area contributed by atoms with Gasteiger partial charge in [-0.05, 0) is 120 Å². The van der Waals surface area contributed by atoms with E-state index in [0.29, 0.717) is 43.3 Å². The second-order valence-corrected chi connectivity index (χ2v) is 16.6. The molecule has 0 spiro atoms. The predicted octanol–water partition coefficient (Wildman–Crippen LogP) is 8.79. The smallest absolute Gasteiger partial charge is 0.0310 e. The fraction of sp³-hybridized carbons (Fsp3) is 1.00. The molecule has 0 aromatic heterocycles. The van der Waals surface area contributed by atoms with Gasteiger partial charge in [-0.2, -0.15) is 0 Å². The van der Waals surface area contributed by atoms with E-state index in [1.807, 2.05) is 0 Å². The summed E-state index contributed by atoms with van der Waals surface area (Å²) in [5.74, 6) is 0. The standard InChI is InChI=1S/2C14H24/c2*1-11-5-12(2)8-13(3,6-11)10-14(4,7-11)9-12/h2*5-10H2,1-4H3. The van der Waals surface area contributed by atoms with Crippen LogP contribution in [0.1, 0.15) is 132 Å². The average Bonchev–Trinajstić information content (AvgIpc) is 2.21. The molecule has 0 heteroatoms. The molecule has 160 valence electrons. The van der Waals surface area contributed by atoms with Crippen molar-refractivity contribution in [1.29, 1.82) is 0 Å². The summed E-state index contributed by atoms with van der Waals surface area (Å²) in [6.07, 6.45) is 18.1. The SMILES string of the molecule is CC12CC3(C)CC(C)(C1)CC(C)(C2)C3.CC12CC3(C)CC(C)(C1)CC(C)(C2)C3. The van der Waals surface area contributed by atoms with Crippen LogP contribution in [0.5, 0.6) is 0 Å². The van der Waals surface area contributed by atoms with Crippen LogP contribution in [-0.4, -0.2) is 0 Å². The van der Waals surface area contributed by atoms with Crippen LogP contribution in [0, 0.1) is 43.3 Å². The van der Waals surface area contributed by atoms with E-state index < -0.39 is 0 Å². The second-order valence-electron chi connectivity index (χ2n) is 16.6. The van der Waals surface area contributed by atoms with Crippen LogP contribution in [-0.2, 0) is 0 Å². The Bertz CT molecular complexity index is 446. The topological polar surface area (TPSA) is 0 Å². The Hall–Kier alpha value is 0. The Morgan fingerprint density at radius 3 is 0.357 bits per heavy atom. The van der Waals surface area contributed by atoms with Crippen LogP contribution in [0.15, 0.2) is 0 Å². The molecule has 8 aliphatic carbocycles. The molecule has 0 radical (unpaired) electrons. The molecule has 0 amide bonds. The van der Waals surface area contributed by atoms with Crippen molar-refractivity contribution in [3.05, 3.63) is 0 Å². The van der Waals surface area contributed by atoms with E-state index in [4.69, 9.17) is 0 Å². The van der Waals surface area contributed by atoms with Gasteiger partial charge in [-0.3, -0.25) is 0 Å². The van der Waals surface area contributed by atoms with Crippen molar-refractivity contribution in [2.24, 2.45) is 43.3 Å². The van der Waals surface area contributed by atoms with E-state index in [1.54, 1.807) is 0 Å². The van der Waals surface area contributed by atoms with Crippen LogP contribution < -0.4 is 0 Å². The van der Waals surface area contributed by atoms with E-state index in [-0.39, 0.29) is 0 Å². The lowest BCUT2D eigenvalue weighted by Crippen LogP contribution is -2.57. The van der Waals surface area contributed by atoms with Crippen LogP contribution in [0.3, 0.4) is 0 Å². The minimum Gasteiger partial charge on any atom is -0.0596 e. The van der Waals surface area contributed by atoms with E-state index >= 15 is 0 Å². The molecule has 0 aromatic rings. The Morgan fingerprint density at radius 2 is 0.286 bits per heavy atom. The fourth-order valence-electron chi connectivity index (χ4n) is 13.9. The van der Waals surface area contributed by atoms with Gasteiger partial charge < -0.3 is 0 Å². The molecule has 0 aliphatic heterocycles. The molecule has 8 aliphatic rings. The predicted molar refractivity (Wildman–Crippen MR) is 120 cm³/mol. The molecular weight excluding hydrogens is 336 g/mol. The molecule has 0 atom stereocenters. The molecular formula is C28H48. The minimum atomic E-state index is 0.688. The molecule has 0 saturated heterocycles. The summed E-state index contributed by atoms with van der Waals surface area (Å²) in [5.41, 5.74) is 5.50. The van der Waals surface area contributed by atoms with Gasteiger partial charge in [-0.25, -0.2) is 0 Å². The van der Waals surface area contributed by atoms with Crippen molar-refractivity contribution in [3.8, 4) is 0 Å². The first-order valence-electron chi connectivity index (χ1n) is 12.5. The molecule has 8 fully saturated rings. The van der Waals surface area contributed by atoms with Gasteiger partial charge in [0.05, 0.1) is 0 Å². The van der Waals surface area contributed by atoms with Crippen LogP contribution in [0.25, 0.3) is 0 Å². The average molecular weight is 385 g/mol. The molecule has 0 N–H and O–H groups in total. The second kappa shape index (κ2) is 5.07. The Labute approximate surface area is 176 Å². The normalized spacial score (nSPS) is 66.0. The first-order valence-corrected chi connectivity index (χ1v) is 12.5. The lowest BCUT2D eigenvalue weighted by Gasteiger charge is -2.68. The Balaban J connectivity index is 0.000000122. The number of hydrogen-bond donors (Lipinski definition) is 0. The number of rotatable bonds is 0. The van der Waals surface area contributed by atoms with Crippen LogP contribution in [0.4, 0.5) is 0 Å². The molecule has 0 unspecified atom stereocenters. The maximum atomic E-state index is 2.55. The maximum absolute atomic E-state index is 2.55. The maximum Gasteiger partial charge on any atom is -0.0310 e. The van der Waals surface area contributed by atoms with Crippen molar-refractivity contribution in [2.45, 2.75) is 132 Å². The largest absolute Gasteiger partial charge is 0.0596 e. The fourth-order valence-corrected chi connectivity index (χ4v) is 13.9. The van der Waals surface area contributed by atoms with Crippen LogP contribution in [0.2, 0.25) is 0 Å². The van der Waals surface area contributed by atoms with Gasteiger partial charge in [-0.15, -0.1) is 0 Å². The van der Waals surface area contributed by atoms with Crippen molar-refractivity contribution < 1.29 is 0 Å². The molecule has 0 nitrogen and oxygen atoms in total. The van der Waals surface area contributed by atoms with Gasteiger partial charge >= 0.3 is 0 Å². The zero-order valence-electron chi connectivity index (χ0n) is 20.5. The highest BCUT2D eigenvalue weighted by atomic mass is 14.7. The summed E-state index contributed by atoms with van der Waals surface area (Å²) in [6.45, 7) is 20.4. The Morgan fingerprint density at radius 1 is 0.214 bits per heavy atom. The highest BCUT2D eigenvalue weighted by Gasteiger charge is 2.63. The number of hydrogen-bond acceptors (Lipinski definition) is 0. The third kappa shape index (κ3) is 3.13. The van der Waals surface area contributed by atoms with Gasteiger partial charge in [0, 0.05) is 0 Å². The summed E-state index contributed by atoms with van der Waals surface area (Å²) in [6, 6.07) is 0. The summed E-state index contributed by atoms with van der Waals surface area (Å²) in [5, 5.41) is 0. The molecule has 8 rings (SSSR count). The van der Waals surface area contributed by atoms with Crippen LogP contribution >= 0.6 is 0 Å². The zero-order valence-corrected chi connectivity index (χ0v) is 20.5. The summed E-state index contributed by atoms with van der Waals surface area (Å²) >= 11 is 0. The molecule has 28 heavy (non-hydrogen) atoms. The van der Waals surface area contributed by atoms with Crippen molar-refractivity contribution in [2.75, 3.05) is 0 Å². The summed E-state index contributed by atoms with van der Waals surface area (Å²) < 4.78 is 0. The van der Waals surface area contributed by atoms with E-state index in [0.717, 1.165) is 0 Å². The quantitative estimate of drug-likeness (QED) is 0.391. The van der Waals surface area contributed by atoms with E-state index in [2.05, 4.69) is 55.4 Å². The third-order valence-corrected chi connectivity index (χ3v) is 10.2. The molecule has 8 saturated carbocycles. The molecule has 8 bridgehead atoms. The van der Waals surface area contributed by atoms with E-state index in [9.17, 15) is 0 Å². The summed E-state index contributed by atoms with van der Waals surface area (Å²) in [7, 11) is 0. The lowest BCUT2D eigenvalue weighted by molar-refractivity contribution is -0.176. The van der Waals surface area contributed by atoms with Gasteiger partial charge in [0.25, 0.3) is 0 Å². The summed E-state index contributed by atoms with van der Waals surface area (Å²) in [4.78, 5) is 0. The lowest BCUT2D eigenvalue weighted by atomic mass is 9.37. The van der Waals surface area contributed by atoms with Crippen molar-refractivity contribution in [1.82, 2.24) is 0 Å². The van der Waals surface area contributed by atoms with Crippen molar-refractivity contribution in [3.63, 3.8) is 0 Å². The van der Waals surface area contributed by atoms with Crippen molar-refractivity contribution >= 4 is 0 Å². The monoisotopic (exact) mass is 384 g/mol. The highest BCUT2D eigenvalue weighted by molar-refractivity contribution is 5.14. The Kier molecular flexibility index (Phi) is 3.61. The van der Waals surface area contributed by atoms with Gasteiger partial charge in [0.2, 0.25) is 0 Å². The third-order valence-electron chi connectivity index (χ3n) is 10.2. The zero-order chi connectivity index (χ0) is 20.5. The molecule has 0 heterocycles. The minimum absolute atomic E-state index is 0.688.